The minimum Gasteiger partial charge on any atom is -0.480 e. The second-order valence-electron chi connectivity index (χ2n) is 3.10. The lowest BCUT2D eigenvalue weighted by molar-refractivity contribution is -0.142. The van der Waals surface area contributed by atoms with Crippen LogP contribution < -0.4 is 5.32 Å². The highest BCUT2D eigenvalue weighted by Crippen LogP contribution is 2.05. The number of carbonyl (C=O) groups is 2. The number of hydrogen-bond acceptors (Lipinski definition) is 4. The summed E-state index contributed by atoms with van der Waals surface area (Å²) in [6.45, 7) is 0.207. The molecule has 0 bridgehead atoms. The first-order valence-corrected chi connectivity index (χ1v) is 5.70. The summed E-state index contributed by atoms with van der Waals surface area (Å²) >= 11 is 1.55. The van der Waals surface area contributed by atoms with E-state index in [1.807, 2.05) is 16.8 Å². The van der Waals surface area contributed by atoms with E-state index in [0.717, 1.165) is 5.56 Å². The number of hydrogen-bond donors (Lipinski definition) is 2. The maximum Gasteiger partial charge on any atom is 0.329 e. The van der Waals surface area contributed by atoms with Crippen molar-refractivity contribution in [2.24, 2.45) is 0 Å². The lowest BCUT2D eigenvalue weighted by Crippen LogP contribution is -2.29. The Bertz CT molecular complexity index is 337. The predicted octanol–water partition coefficient (Wildman–Crippen LogP) is 0.508. The van der Waals surface area contributed by atoms with Crippen LogP contribution in [-0.2, 0) is 20.7 Å². The summed E-state index contributed by atoms with van der Waals surface area (Å²) in [5, 5.41) is 14.8. The minimum absolute atomic E-state index is 0.0858. The van der Waals surface area contributed by atoms with Crippen LogP contribution in [0.3, 0.4) is 0 Å². The first kappa shape index (κ1) is 12.7. The quantitative estimate of drug-likeness (QED) is 0.684. The zero-order valence-corrected chi connectivity index (χ0v) is 9.46. The molecular formula is C10H13NO4S. The largest absolute Gasteiger partial charge is 0.480 e. The van der Waals surface area contributed by atoms with Gasteiger partial charge in [-0.05, 0) is 22.4 Å². The average molecular weight is 243 g/mol. The van der Waals surface area contributed by atoms with E-state index in [1.54, 1.807) is 11.3 Å². The molecule has 0 atom stereocenters. The van der Waals surface area contributed by atoms with Crippen molar-refractivity contribution in [1.29, 1.82) is 0 Å². The van der Waals surface area contributed by atoms with Crippen molar-refractivity contribution in [3.05, 3.63) is 22.4 Å². The SMILES string of the molecule is O=C(O)COCCNC(=O)Cc1ccsc1. The van der Waals surface area contributed by atoms with Gasteiger partial charge in [0.05, 0.1) is 13.0 Å². The van der Waals surface area contributed by atoms with Gasteiger partial charge in [0, 0.05) is 6.54 Å². The second-order valence-corrected chi connectivity index (χ2v) is 3.88. The van der Waals surface area contributed by atoms with Crippen molar-refractivity contribution in [2.45, 2.75) is 6.42 Å². The standard InChI is InChI=1S/C10H13NO4S/c12-9(5-8-1-4-16-7-8)11-2-3-15-6-10(13)14/h1,4,7H,2-3,5-6H2,(H,11,12)(H,13,14). The molecule has 16 heavy (non-hydrogen) atoms. The van der Waals surface area contributed by atoms with E-state index in [4.69, 9.17) is 9.84 Å². The highest BCUT2D eigenvalue weighted by atomic mass is 32.1. The van der Waals surface area contributed by atoms with Gasteiger partial charge in [-0.1, -0.05) is 0 Å². The number of ether oxygens (including phenoxy) is 1. The molecule has 0 saturated heterocycles. The molecule has 88 valence electrons. The van der Waals surface area contributed by atoms with E-state index in [1.165, 1.54) is 0 Å². The number of carbonyl (C=O) groups excluding carboxylic acids is 1. The van der Waals surface area contributed by atoms with Crippen molar-refractivity contribution >= 4 is 23.2 Å². The summed E-state index contributed by atoms with van der Waals surface area (Å²) in [7, 11) is 0. The molecule has 1 heterocycles. The lowest BCUT2D eigenvalue weighted by atomic mass is 10.2. The van der Waals surface area contributed by atoms with Crippen molar-refractivity contribution in [2.75, 3.05) is 19.8 Å². The fourth-order valence-corrected chi connectivity index (χ4v) is 1.73. The van der Waals surface area contributed by atoms with Crippen LogP contribution in [0.4, 0.5) is 0 Å². The molecule has 5 nitrogen and oxygen atoms in total. The van der Waals surface area contributed by atoms with Gasteiger partial charge in [-0.3, -0.25) is 4.79 Å². The van der Waals surface area contributed by atoms with E-state index < -0.39 is 5.97 Å². The third-order valence-electron chi connectivity index (χ3n) is 1.74. The van der Waals surface area contributed by atoms with Gasteiger partial charge in [0.1, 0.15) is 6.61 Å². The van der Waals surface area contributed by atoms with Gasteiger partial charge in [0.25, 0.3) is 0 Å². The highest BCUT2D eigenvalue weighted by Gasteiger charge is 2.03. The van der Waals surface area contributed by atoms with E-state index in [-0.39, 0.29) is 19.1 Å². The molecule has 0 aliphatic carbocycles. The molecule has 2 N–H and O–H groups in total. The predicted molar refractivity (Wildman–Crippen MR) is 59.5 cm³/mol. The summed E-state index contributed by atoms with van der Waals surface area (Å²) in [6.07, 6.45) is 0.350. The van der Waals surface area contributed by atoms with Crippen LogP contribution >= 0.6 is 11.3 Å². The maximum atomic E-state index is 11.3. The second kappa shape index (κ2) is 6.97. The number of rotatable bonds is 7. The van der Waals surface area contributed by atoms with Crippen molar-refractivity contribution in [3.63, 3.8) is 0 Å². The van der Waals surface area contributed by atoms with E-state index in [9.17, 15) is 9.59 Å². The molecule has 0 unspecified atom stereocenters. The number of carboxylic acid groups (broad SMARTS) is 1. The molecule has 1 rings (SSSR count). The molecule has 0 spiro atoms. The molecule has 0 radical (unpaired) electrons. The van der Waals surface area contributed by atoms with Crippen LogP contribution in [0.25, 0.3) is 0 Å². The third-order valence-corrected chi connectivity index (χ3v) is 2.47. The Hall–Kier alpha value is -1.40. The third kappa shape index (κ3) is 5.47. The van der Waals surface area contributed by atoms with Gasteiger partial charge >= 0.3 is 5.97 Å². The maximum absolute atomic E-state index is 11.3. The molecule has 0 saturated carbocycles. The summed E-state index contributed by atoms with van der Waals surface area (Å²) in [5.74, 6) is -1.10. The van der Waals surface area contributed by atoms with E-state index in [0.29, 0.717) is 13.0 Å². The number of aliphatic carboxylic acids is 1. The van der Waals surface area contributed by atoms with Gasteiger partial charge in [0.2, 0.25) is 5.91 Å². The Balaban J connectivity index is 2.05. The Kier molecular flexibility index (Phi) is 5.52. The molecular weight excluding hydrogens is 230 g/mol. The van der Waals surface area contributed by atoms with Gasteiger partial charge in [0.15, 0.2) is 0 Å². The number of nitrogens with one attached hydrogen (secondary N) is 1. The van der Waals surface area contributed by atoms with E-state index in [2.05, 4.69) is 5.32 Å². The van der Waals surface area contributed by atoms with Crippen LogP contribution in [0, 0.1) is 0 Å². The average Bonchev–Trinajstić information content (AvgIpc) is 2.69. The van der Waals surface area contributed by atoms with Crippen molar-refractivity contribution in [1.82, 2.24) is 5.32 Å². The molecule has 0 aliphatic rings. The number of amides is 1. The summed E-state index contributed by atoms with van der Waals surface area (Å²) in [5.41, 5.74) is 0.981. The molecule has 0 aliphatic heterocycles. The van der Waals surface area contributed by atoms with Gasteiger partial charge in [-0.15, -0.1) is 0 Å². The van der Waals surface area contributed by atoms with Gasteiger partial charge < -0.3 is 15.2 Å². The van der Waals surface area contributed by atoms with Crippen LogP contribution in [0.1, 0.15) is 5.56 Å². The smallest absolute Gasteiger partial charge is 0.329 e. The minimum atomic E-state index is -1.01. The molecule has 1 aromatic heterocycles. The fourth-order valence-electron chi connectivity index (χ4n) is 1.06. The number of carboxylic acids is 1. The topological polar surface area (TPSA) is 75.6 Å². The Morgan fingerprint density at radius 2 is 2.31 bits per heavy atom. The van der Waals surface area contributed by atoms with Crippen LogP contribution in [-0.4, -0.2) is 36.7 Å². The summed E-state index contributed by atoms with van der Waals surface area (Å²) < 4.78 is 4.77. The Labute approximate surface area is 97.0 Å². The molecule has 6 heteroatoms. The summed E-state index contributed by atoms with van der Waals surface area (Å²) in [4.78, 5) is 21.4. The van der Waals surface area contributed by atoms with Gasteiger partial charge in [-0.25, -0.2) is 4.79 Å². The normalized spacial score (nSPS) is 10.0. The molecule has 0 fully saturated rings. The first-order chi connectivity index (χ1) is 7.68. The van der Waals surface area contributed by atoms with Crippen LogP contribution in [0.5, 0.6) is 0 Å². The van der Waals surface area contributed by atoms with Crippen molar-refractivity contribution in [3.8, 4) is 0 Å². The number of thiophene rings is 1. The molecule has 1 amide bonds. The van der Waals surface area contributed by atoms with Crippen LogP contribution in [0.15, 0.2) is 16.8 Å². The summed E-state index contributed by atoms with van der Waals surface area (Å²) in [6, 6.07) is 1.89. The van der Waals surface area contributed by atoms with Crippen molar-refractivity contribution < 1.29 is 19.4 Å². The molecule has 1 aromatic rings. The monoisotopic (exact) mass is 243 g/mol. The van der Waals surface area contributed by atoms with E-state index >= 15 is 0 Å². The zero-order valence-electron chi connectivity index (χ0n) is 8.64. The molecule has 0 aromatic carbocycles. The lowest BCUT2D eigenvalue weighted by Gasteiger charge is -2.04. The Morgan fingerprint density at radius 1 is 1.50 bits per heavy atom. The fraction of sp³-hybridized carbons (Fsp3) is 0.400. The highest BCUT2D eigenvalue weighted by molar-refractivity contribution is 7.07. The Morgan fingerprint density at radius 3 is 2.94 bits per heavy atom. The van der Waals surface area contributed by atoms with Gasteiger partial charge in [-0.2, -0.15) is 11.3 Å². The zero-order chi connectivity index (χ0) is 11.8. The first-order valence-electron chi connectivity index (χ1n) is 4.76. The van der Waals surface area contributed by atoms with Crippen LogP contribution in [0.2, 0.25) is 0 Å².